The largest absolute Gasteiger partial charge is 0.327 e. The van der Waals surface area contributed by atoms with Crippen LogP contribution in [0.3, 0.4) is 0 Å². The van der Waals surface area contributed by atoms with Gasteiger partial charge < -0.3 is 5.73 Å². The third-order valence-corrected chi connectivity index (χ3v) is 4.16. The molecule has 1 atom stereocenters. The Morgan fingerprint density at radius 2 is 1.90 bits per heavy atom. The predicted octanol–water partition coefficient (Wildman–Crippen LogP) is 4.28. The van der Waals surface area contributed by atoms with E-state index >= 15 is 0 Å². The van der Waals surface area contributed by atoms with Crippen LogP contribution in [0.2, 0.25) is 5.02 Å². The molecule has 0 aliphatic rings. The molecule has 0 heterocycles. The minimum absolute atomic E-state index is 0.135. The lowest BCUT2D eigenvalue weighted by Crippen LogP contribution is -2.25. The zero-order valence-corrected chi connectivity index (χ0v) is 12.2. The zero-order chi connectivity index (χ0) is 14.5. The standard InChI is InChI=1S/C15H14ClF2NS/c16-11-2-1-3-13(8-11)20-9-12(19)6-10-4-5-14(17)15(18)7-10/h1-5,7-8,12H,6,9,19H2. The van der Waals surface area contributed by atoms with Gasteiger partial charge in [-0.15, -0.1) is 11.8 Å². The first-order valence-corrected chi connectivity index (χ1v) is 7.49. The predicted molar refractivity (Wildman–Crippen MR) is 80.2 cm³/mol. The van der Waals surface area contributed by atoms with Gasteiger partial charge in [-0.25, -0.2) is 8.78 Å². The lowest BCUT2D eigenvalue weighted by Gasteiger charge is -2.11. The highest BCUT2D eigenvalue weighted by Gasteiger charge is 2.08. The van der Waals surface area contributed by atoms with E-state index in [0.717, 1.165) is 11.0 Å². The van der Waals surface area contributed by atoms with Gasteiger partial charge >= 0.3 is 0 Å². The number of rotatable bonds is 5. The number of benzene rings is 2. The van der Waals surface area contributed by atoms with Crippen molar-refractivity contribution in [3.8, 4) is 0 Å². The summed E-state index contributed by atoms with van der Waals surface area (Å²) in [6.45, 7) is 0. The Bertz CT molecular complexity index is 592. The summed E-state index contributed by atoms with van der Waals surface area (Å²) in [5.41, 5.74) is 6.71. The van der Waals surface area contributed by atoms with Crippen LogP contribution in [0.5, 0.6) is 0 Å². The molecule has 2 aromatic rings. The Morgan fingerprint density at radius 1 is 1.10 bits per heavy atom. The second-order valence-electron chi connectivity index (χ2n) is 4.48. The Labute approximate surface area is 126 Å². The second-order valence-corrected chi connectivity index (χ2v) is 6.01. The van der Waals surface area contributed by atoms with Crippen molar-refractivity contribution in [1.82, 2.24) is 0 Å². The molecule has 1 nitrogen and oxygen atoms in total. The fourth-order valence-electron chi connectivity index (χ4n) is 1.79. The van der Waals surface area contributed by atoms with Crippen LogP contribution in [-0.4, -0.2) is 11.8 Å². The van der Waals surface area contributed by atoms with Crippen LogP contribution in [0.25, 0.3) is 0 Å². The van der Waals surface area contributed by atoms with Gasteiger partial charge in [0, 0.05) is 21.7 Å². The smallest absolute Gasteiger partial charge is 0.159 e. The molecule has 1 unspecified atom stereocenters. The molecule has 2 N–H and O–H groups in total. The first kappa shape index (κ1) is 15.3. The molecule has 0 aliphatic heterocycles. The van der Waals surface area contributed by atoms with E-state index in [0.29, 0.717) is 22.8 Å². The Hall–Kier alpha value is -1.10. The number of hydrogen-bond acceptors (Lipinski definition) is 2. The first-order valence-electron chi connectivity index (χ1n) is 6.12. The maximum Gasteiger partial charge on any atom is 0.159 e. The fourth-order valence-corrected chi connectivity index (χ4v) is 2.95. The Morgan fingerprint density at radius 3 is 2.60 bits per heavy atom. The van der Waals surface area contributed by atoms with E-state index in [1.807, 2.05) is 24.3 Å². The average molecular weight is 314 g/mol. The number of thioether (sulfide) groups is 1. The van der Waals surface area contributed by atoms with E-state index in [1.54, 1.807) is 17.8 Å². The van der Waals surface area contributed by atoms with Crippen molar-refractivity contribution in [1.29, 1.82) is 0 Å². The average Bonchev–Trinajstić information content (AvgIpc) is 2.41. The SMILES string of the molecule is NC(CSc1cccc(Cl)c1)Cc1ccc(F)c(F)c1. The zero-order valence-electron chi connectivity index (χ0n) is 10.7. The van der Waals surface area contributed by atoms with Crippen LogP contribution in [0, 0.1) is 11.6 Å². The number of halogens is 3. The third-order valence-electron chi connectivity index (χ3n) is 2.74. The van der Waals surface area contributed by atoms with Crippen molar-refractivity contribution in [2.75, 3.05) is 5.75 Å². The summed E-state index contributed by atoms with van der Waals surface area (Å²) in [5, 5.41) is 0.684. The summed E-state index contributed by atoms with van der Waals surface area (Å²) < 4.78 is 25.9. The summed E-state index contributed by atoms with van der Waals surface area (Å²) in [7, 11) is 0. The molecule has 5 heteroatoms. The highest BCUT2D eigenvalue weighted by Crippen LogP contribution is 2.22. The van der Waals surface area contributed by atoms with Gasteiger partial charge in [0.15, 0.2) is 11.6 Å². The van der Waals surface area contributed by atoms with Gasteiger partial charge in [-0.05, 0) is 42.3 Å². The summed E-state index contributed by atoms with van der Waals surface area (Å²) in [6, 6.07) is 11.3. The summed E-state index contributed by atoms with van der Waals surface area (Å²) >= 11 is 7.49. The van der Waals surface area contributed by atoms with Crippen LogP contribution in [0.15, 0.2) is 47.4 Å². The van der Waals surface area contributed by atoms with Crippen molar-refractivity contribution in [3.63, 3.8) is 0 Å². The normalized spacial score (nSPS) is 12.4. The van der Waals surface area contributed by atoms with Gasteiger partial charge in [-0.2, -0.15) is 0 Å². The molecule has 0 bridgehead atoms. The molecule has 0 spiro atoms. The van der Waals surface area contributed by atoms with Gasteiger partial charge in [0.2, 0.25) is 0 Å². The molecule has 2 aromatic carbocycles. The molecule has 0 radical (unpaired) electrons. The minimum atomic E-state index is -0.837. The lowest BCUT2D eigenvalue weighted by atomic mass is 10.1. The monoisotopic (exact) mass is 313 g/mol. The van der Waals surface area contributed by atoms with Gasteiger partial charge in [-0.3, -0.25) is 0 Å². The van der Waals surface area contributed by atoms with Crippen molar-refractivity contribution in [2.45, 2.75) is 17.4 Å². The summed E-state index contributed by atoms with van der Waals surface area (Å²) in [6.07, 6.45) is 0.505. The quantitative estimate of drug-likeness (QED) is 0.834. The van der Waals surface area contributed by atoms with Crippen LogP contribution >= 0.6 is 23.4 Å². The van der Waals surface area contributed by atoms with Crippen molar-refractivity contribution in [2.24, 2.45) is 5.73 Å². The highest BCUT2D eigenvalue weighted by atomic mass is 35.5. The highest BCUT2D eigenvalue weighted by molar-refractivity contribution is 7.99. The van der Waals surface area contributed by atoms with E-state index in [9.17, 15) is 8.78 Å². The fraction of sp³-hybridized carbons (Fsp3) is 0.200. The van der Waals surface area contributed by atoms with Crippen LogP contribution in [0.1, 0.15) is 5.56 Å². The van der Waals surface area contributed by atoms with Crippen LogP contribution in [0.4, 0.5) is 8.78 Å². The minimum Gasteiger partial charge on any atom is -0.327 e. The molecular formula is C15H14ClF2NS. The lowest BCUT2D eigenvalue weighted by molar-refractivity contribution is 0.506. The number of nitrogens with two attached hydrogens (primary N) is 1. The van der Waals surface area contributed by atoms with E-state index in [-0.39, 0.29) is 6.04 Å². The summed E-state index contributed by atoms with van der Waals surface area (Å²) in [4.78, 5) is 1.04. The van der Waals surface area contributed by atoms with E-state index < -0.39 is 11.6 Å². The molecular weight excluding hydrogens is 300 g/mol. The van der Waals surface area contributed by atoms with Gasteiger partial charge in [0.25, 0.3) is 0 Å². The van der Waals surface area contributed by atoms with Gasteiger partial charge in [0.05, 0.1) is 0 Å². The van der Waals surface area contributed by atoms with E-state index in [4.69, 9.17) is 17.3 Å². The maximum atomic E-state index is 13.1. The van der Waals surface area contributed by atoms with Crippen molar-refractivity contribution in [3.05, 3.63) is 64.7 Å². The van der Waals surface area contributed by atoms with E-state index in [2.05, 4.69) is 0 Å². The van der Waals surface area contributed by atoms with E-state index in [1.165, 1.54) is 6.07 Å². The molecule has 0 saturated heterocycles. The maximum absolute atomic E-state index is 13.1. The molecule has 0 aliphatic carbocycles. The van der Waals surface area contributed by atoms with Crippen LogP contribution < -0.4 is 5.73 Å². The second kappa shape index (κ2) is 7.07. The van der Waals surface area contributed by atoms with Crippen molar-refractivity contribution >= 4 is 23.4 Å². The van der Waals surface area contributed by atoms with Gasteiger partial charge in [-0.1, -0.05) is 23.7 Å². The van der Waals surface area contributed by atoms with Gasteiger partial charge in [0.1, 0.15) is 0 Å². The number of hydrogen-bond donors (Lipinski definition) is 1. The molecule has 0 amide bonds. The molecule has 20 heavy (non-hydrogen) atoms. The topological polar surface area (TPSA) is 26.0 Å². The third kappa shape index (κ3) is 4.47. The van der Waals surface area contributed by atoms with Crippen molar-refractivity contribution < 1.29 is 8.78 Å². The Kier molecular flexibility index (Phi) is 5.40. The molecule has 0 saturated carbocycles. The van der Waals surface area contributed by atoms with Crippen LogP contribution in [-0.2, 0) is 6.42 Å². The first-order chi connectivity index (χ1) is 9.54. The molecule has 0 aromatic heterocycles. The summed E-state index contributed by atoms with van der Waals surface area (Å²) in [5.74, 6) is -0.993. The Balaban J connectivity index is 1.89. The molecule has 106 valence electrons. The molecule has 0 fully saturated rings. The molecule has 2 rings (SSSR count).